The molecule has 0 heterocycles. The van der Waals surface area contributed by atoms with Gasteiger partial charge in [0.1, 0.15) is 11.5 Å². The van der Waals surface area contributed by atoms with Crippen molar-refractivity contribution in [2.45, 2.75) is 6.92 Å². The van der Waals surface area contributed by atoms with E-state index in [-0.39, 0.29) is 0 Å². The molecule has 0 radical (unpaired) electrons. The molecule has 0 unspecified atom stereocenters. The number of hydrogen-bond donors (Lipinski definition) is 0. The van der Waals surface area contributed by atoms with Gasteiger partial charge in [0.15, 0.2) is 0 Å². The molecule has 0 saturated carbocycles. The second kappa shape index (κ2) is 5.49. The Bertz CT molecular complexity index is 768. The molecule has 3 aromatic carbocycles. The standard InChI is InChI=1S/C19H18O2/c1-13-11-12-14-7-4-5-8-15(14)18(13)19-16(20-2)9-6-10-17(19)21-3/h4-12H,1-3H3. The van der Waals surface area contributed by atoms with Crippen LogP contribution in [0.1, 0.15) is 5.56 Å². The van der Waals surface area contributed by atoms with Gasteiger partial charge in [-0.2, -0.15) is 0 Å². The molecule has 0 N–H and O–H groups in total. The lowest BCUT2D eigenvalue weighted by atomic mass is 9.93. The van der Waals surface area contributed by atoms with Crippen LogP contribution in [0.2, 0.25) is 0 Å². The van der Waals surface area contributed by atoms with Crippen LogP contribution in [0.4, 0.5) is 0 Å². The summed E-state index contributed by atoms with van der Waals surface area (Å²) in [6.07, 6.45) is 0. The van der Waals surface area contributed by atoms with Gasteiger partial charge in [0, 0.05) is 0 Å². The largest absolute Gasteiger partial charge is 0.496 e. The lowest BCUT2D eigenvalue weighted by Crippen LogP contribution is -1.95. The maximum Gasteiger partial charge on any atom is 0.130 e. The van der Waals surface area contributed by atoms with Crippen molar-refractivity contribution in [3.63, 3.8) is 0 Å². The molecule has 0 aromatic heterocycles. The molecule has 0 atom stereocenters. The third kappa shape index (κ3) is 2.23. The first-order valence-corrected chi connectivity index (χ1v) is 6.96. The molecule has 0 bridgehead atoms. The van der Waals surface area contributed by atoms with Crippen molar-refractivity contribution in [1.29, 1.82) is 0 Å². The van der Waals surface area contributed by atoms with Crippen LogP contribution in [0.3, 0.4) is 0 Å². The first-order valence-electron chi connectivity index (χ1n) is 6.96. The van der Waals surface area contributed by atoms with Crippen LogP contribution in [0.15, 0.2) is 54.6 Å². The third-order valence-electron chi connectivity index (χ3n) is 3.82. The van der Waals surface area contributed by atoms with Gasteiger partial charge in [-0.25, -0.2) is 0 Å². The zero-order valence-corrected chi connectivity index (χ0v) is 12.5. The minimum Gasteiger partial charge on any atom is -0.496 e. The first kappa shape index (κ1) is 13.5. The van der Waals surface area contributed by atoms with E-state index in [0.29, 0.717) is 0 Å². The van der Waals surface area contributed by atoms with Crippen LogP contribution in [-0.4, -0.2) is 14.2 Å². The summed E-state index contributed by atoms with van der Waals surface area (Å²) < 4.78 is 11.1. The summed E-state index contributed by atoms with van der Waals surface area (Å²) in [4.78, 5) is 0. The van der Waals surface area contributed by atoms with Crippen molar-refractivity contribution >= 4 is 10.8 Å². The number of benzene rings is 3. The molecule has 0 spiro atoms. The van der Waals surface area contributed by atoms with Gasteiger partial charge >= 0.3 is 0 Å². The highest BCUT2D eigenvalue weighted by molar-refractivity contribution is 6.01. The van der Waals surface area contributed by atoms with Gasteiger partial charge in [-0.1, -0.05) is 42.5 Å². The van der Waals surface area contributed by atoms with Crippen molar-refractivity contribution in [2.24, 2.45) is 0 Å². The lowest BCUT2D eigenvalue weighted by Gasteiger charge is -2.17. The predicted octanol–water partition coefficient (Wildman–Crippen LogP) is 4.83. The Balaban J connectivity index is 2.43. The third-order valence-corrected chi connectivity index (χ3v) is 3.82. The molecule has 3 rings (SSSR count). The normalized spacial score (nSPS) is 10.6. The SMILES string of the molecule is COc1cccc(OC)c1-c1c(C)ccc2ccccc12. The van der Waals surface area contributed by atoms with Crippen molar-refractivity contribution < 1.29 is 9.47 Å². The molecule has 0 fully saturated rings. The van der Waals surface area contributed by atoms with Crippen LogP contribution in [-0.2, 0) is 0 Å². The van der Waals surface area contributed by atoms with Crippen LogP contribution < -0.4 is 9.47 Å². The molecule has 0 saturated heterocycles. The van der Waals surface area contributed by atoms with Crippen molar-refractivity contribution in [1.82, 2.24) is 0 Å². The molecule has 3 aromatic rings. The zero-order valence-electron chi connectivity index (χ0n) is 12.5. The zero-order chi connectivity index (χ0) is 14.8. The van der Waals surface area contributed by atoms with E-state index in [4.69, 9.17) is 9.47 Å². The van der Waals surface area contributed by atoms with E-state index in [2.05, 4.69) is 43.3 Å². The quantitative estimate of drug-likeness (QED) is 0.683. The highest BCUT2D eigenvalue weighted by Crippen LogP contribution is 2.43. The second-order valence-electron chi connectivity index (χ2n) is 5.02. The highest BCUT2D eigenvalue weighted by Gasteiger charge is 2.16. The second-order valence-corrected chi connectivity index (χ2v) is 5.02. The summed E-state index contributed by atoms with van der Waals surface area (Å²) in [7, 11) is 3.39. The molecule has 2 nitrogen and oxygen atoms in total. The summed E-state index contributed by atoms with van der Waals surface area (Å²) in [5.74, 6) is 1.66. The Hall–Kier alpha value is -2.48. The minimum absolute atomic E-state index is 0.828. The van der Waals surface area contributed by atoms with Gasteiger partial charge in [0.2, 0.25) is 0 Å². The lowest BCUT2D eigenvalue weighted by molar-refractivity contribution is 0.397. The Morgan fingerprint density at radius 1 is 0.667 bits per heavy atom. The molecule has 2 heteroatoms. The van der Waals surface area contributed by atoms with Crippen LogP contribution in [0.5, 0.6) is 11.5 Å². The molecular weight excluding hydrogens is 260 g/mol. The fourth-order valence-electron chi connectivity index (χ4n) is 2.81. The van der Waals surface area contributed by atoms with Crippen LogP contribution in [0.25, 0.3) is 21.9 Å². The van der Waals surface area contributed by atoms with E-state index in [1.807, 2.05) is 18.2 Å². The minimum atomic E-state index is 0.828. The number of fused-ring (bicyclic) bond motifs is 1. The van der Waals surface area contributed by atoms with Gasteiger partial charge in [-0.05, 0) is 41.0 Å². The van der Waals surface area contributed by atoms with Gasteiger partial charge in [0.05, 0.1) is 19.8 Å². The number of rotatable bonds is 3. The first-order chi connectivity index (χ1) is 10.3. The Kier molecular flexibility index (Phi) is 3.53. The number of hydrogen-bond acceptors (Lipinski definition) is 2. The summed E-state index contributed by atoms with van der Waals surface area (Å²) in [6.45, 7) is 2.12. The number of ether oxygens (including phenoxy) is 2. The Morgan fingerprint density at radius 2 is 1.33 bits per heavy atom. The monoisotopic (exact) mass is 278 g/mol. The summed E-state index contributed by atoms with van der Waals surface area (Å²) in [5.41, 5.74) is 3.38. The van der Waals surface area contributed by atoms with Gasteiger partial charge in [0.25, 0.3) is 0 Å². The molecule has 0 aliphatic carbocycles. The molecule has 0 aliphatic heterocycles. The van der Waals surface area contributed by atoms with Gasteiger partial charge < -0.3 is 9.47 Å². The molecule has 21 heavy (non-hydrogen) atoms. The molecule has 0 amide bonds. The van der Waals surface area contributed by atoms with Crippen LogP contribution >= 0.6 is 0 Å². The highest BCUT2D eigenvalue weighted by atomic mass is 16.5. The molecular formula is C19H18O2. The Morgan fingerprint density at radius 3 is 2.00 bits per heavy atom. The summed E-state index contributed by atoms with van der Waals surface area (Å²) in [6, 6.07) is 18.6. The van der Waals surface area contributed by atoms with Crippen molar-refractivity contribution in [3.8, 4) is 22.6 Å². The van der Waals surface area contributed by atoms with Crippen molar-refractivity contribution in [2.75, 3.05) is 14.2 Å². The van der Waals surface area contributed by atoms with E-state index < -0.39 is 0 Å². The maximum absolute atomic E-state index is 5.57. The van der Waals surface area contributed by atoms with Crippen LogP contribution in [0, 0.1) is 6.92 Å². The van der Waals surface area contributed by atoms with E-state index in [9.17, 15) is 0 Å². The predicted molar refractivity (Wildman–Crippen MR) is 87.2 cm³/mol. The fraction of sp³-hybridized carbons (Fsp3) is 0.158. The summed E-state index contributed by atoms with van der Waals surface area (Å²) >= 11 is 0. The van der Waals surface area contributed by atoms with Gasteiger partial charge in [-0.3, -0.25) is 0 Å². The van der Waals surface area contributed by atoms with Gasteiger partial charge in [-0.15, -0.1) is 0 Å². The topological polar surface area (TPSA) is 18.5 Å². The average molecular weight is 278 g/mol. The summed E-state index contributed by atoms with van der Waals surface area (Å²) in [5, 5.41) is 2.42. The average Bonchev–Trinajstić information content (AvgIpc) is 2.54. The van der Waals surface area contributed by atoms with E-state index >= 15 is 0 Å². The maximum atomic E-state index is 5.57. The number of aryl methyl sites for hydroxylation is 1. The molecule has 0 aliphatic rings. The van der Waals surface area contributed by atoms with E-state index in [1.54, 1.807) is 14.2 Å². The van der Waals surface area contributed by atoms with E-state index in [0.717, 1.165) is 17.1 Å². The van der Waals surface area contributed by atoms with E-state index in [1.165, 1.54) is 21.9 Å². The fourth-order valence-corrected chi connectivity index (χ4v) is 2.81. The molecule has 106 valence electrons. The number of methoxy groups -OCH3 is 2. The Labute approximate surface area is 124 Å². The smallest absolute Gasteiger partial charge is 0.130 e. The van der Waals surface area contributed by atoms with Crippen molar-refractivity contribution in [3.05, 3.63) is 60.2 Å².